The van der Waals surface area contributed by atoms with Gasteiger partial charge in [-0.15, -0.1) is 0 Å². The maximum Gasteiger partial charge on any atom is 0.253 e. The fourth-order valence-electron chi connectivity index (χ4n) is 2.50. The molecule has 2 amide bonds. The molecule has 0 aromatic carbocycles. The van der Waals surface area contributed by atoms with Gasteiger partial charge >= 0.3 is 0 Å². The minimum Gasteiger partial charge on any atom is -0.366 e. The molecule has 0 aromatic heterocycles. The first-order valence-corrected chi connectivity index (χ1v) is 6.34. The van der Waals surface area contributed by atoms with E-state index in [0.717, 1.165) is 6.54 Å². The van der Waals surface area contributed by atoms with Crippen LogP contribution in [0.25, 0.3) is 0 Å². The van der Waals surface area contributed by atoms with Crippen LogP contribution in [0.3, 0.4) is 0 Å². The summed E-state index contributed by atoms with van der Waals surface area (Å²) in [5.74, 6) is -0.112. The molecule has 2 saturated heterocycles. The fraction of sp³-hybridized carbons (Fsp3) is 0.833. The number of piperazine rings is 1. The van der Waals surface area contributed by atoms with E-state index in [4.69, 9.17) is 4.74 Å². The van der Waals surface area contributed by atoms with E-state index in [0.29, 0.717) is 26.2 Å². The summed E-state index contributed by atoms with van der Waals surface area (Å²) in [7, 11) is 1.77. The second-order valence-corrected chi connectivity index (χ2v) is 5.34. The molecule has 6 nitrogen and oxygen atoms in total. The Morgan fingerprint density at radius 1 is 1.44 bits per heavy atom. The Labute approximate surface area is 107 Å². The van der Waals surface area contributed by atoms with Gasteiger partial charge in [-0.25, -0.2) is 0 Å². The van der Waals surface area contributed by atoms with Crippen LogP contribution in [0.2, 0.25) is 0 Å². The van der Waals surface area contributed by atoms with Gasteiger partial charge in [0.25, 0.3) is 5.91 Å². The van der Waals surface area contributed by atoms with E-state index in [1.165, 1.54) is 0 Å². The van der Waals surface area contributed by atoms with Gasteiger partial charge in [-0.05, 0) is 13.8 Å². The van der Waals surface area contributed by atoms with E-state index in [1.54, 1.807) is 30.7 Å². The van der Waals surface area contributed by atoms with Crippen molar-refractivity contribution in [3.05, 3.63) is 0 Å². The van der Waals surface area contributed by atoms with Gasteiger partial charge in [-0.3, -0.25) is 9.59 Å². The molecule has 1 N–H and O–H groups in total. The summed E-state index contributed by atoms with van der Waals surface area (Å²) >= 11 is 0. The first-order chi connectivity index (χ1) is 8.44. The maximum atomic E-state index is 12.4. The smallest absolute Gasteiger partial charge is 0.253 e. The molecule has 0 bridgehead atoms. The zero-order chi connectivity index (χ0) is 13.3. The average Bonchev–Trinajstić information content (AvgIpc) is 2.36. The number of amides is 2. The monoisotopic (exact) mass is 255 g/mol. The molecule has 0 aliphatic carbocycles. The lowest BCUT2D eigenvalue weighted by molar-refractivity contribution is -0.164. The van der Waals surface area contributed by atoms with Gasteiger partial charge in [-0.1, -0.05) is 0 Å². The van der Waals surface area contributed by atoms with E-state index >= 15 is 0 Å². The lowest BCUT2D eigenvalue weighted by Gasteiger charge is -2.46. The van der Waals surface area contributed by atoms with Crippen LogP contribution < -0.4 is 5.32 Å². The topological polar surface area (TPSA) is 61.9 Å². The third-order valence-electron chi connectivity index (χ3n) is 3.67. The molecule has 2 rings (SSSR count). The SMILES string of the molecule is CN1CCN(C(=O)C2CNCCO2)C(C)(C)C1=O. The normalized spacial score (nSPS) is 28.4. The van der Waals surface area contributed by atoms with Crippen molar-refractivity contribution >= 4 is 11.8 Å². The zero-order valence-electron chi connectivity index (χ0n) is 11.2. The van der Waals surface area contributed by atoms with Gasteiger partial charge in [0.2, 0.25) is 5.91 Å². The minimum atomic E-state index is -0.787. The van der Waals surface area contributed by atoms with Gasteiger partial charge in [0.15, 0.2) is 0 Å². The van der Waals surface area contributed by atoms with Crippen molar-refractivity contribution in [2.45, 2.75) is 25.5 Å². The highest BCUT2D eigenvalue weighted by Crippen LogP contribution is 2.23. The Morgan fingerprint density at radius 2 is 2.17 bits per heavy atom. The molecule has 1 unspecified atom stereocenters. The van der Waals surface area contributed by atoms with Gasteiger partial charge < -0.3 is 19.9 Å². The van der Waals surface area contributed by atoms with Crippen molar-refractivity contribution in [1.82, 2.24) is 15.1 Å². The molecule has 0 spiro atoms. The largest absolute Gasteiger partial charge is 0.366 e. The predicted octanol–water partition coefficient (Wildman–Crippen LogP) is -0.946. The summed E-state index contributed by atoms with van der Waals surface area (Å²) in [6.45, 7) is 6.56. The van der Waals surface area contributed by atoms with Crippen molar-refractivity contribution in [1.29, 1.82) is 0 Å². The van der Waals surface area contributed by atoms with Gasteiger partial charge in [0, 0.05) is 33.2 Å². The number of nitrogens with zero attached hydrogens (tertiary/aromatic N) is 2. The number of hydrogen-bond acceptors (Lipinski definition) is 4. The Morgan fingerprint density at radius 3 is 2.78 bits per heavy atom. The third kappa shape index (κ3) is 2.22. The Balaban J connectivity index is 2.11. The number of ether oxygens (including phenoxy) is 1. The van der Waals surface area contributed by atoms with Gasteiger partial charge in [0.05, 0.1) is 6.61 Å². The molecule has 2 fully saturated rings. The summed E-state index contributed by atoms with van der Waals surface area (Å²) in [4.78, 5) is 27.8. The number of morpholine rings is 1. The van der Waals surface area contributed by atoms with E-state index in [1.807, 2.05) is 0 Å². The lowest BCUT2D eigenvalue weighted by atomic mass is 9.97. The van der Waals surface area contributed by atoms with Crippen LogP contribution in [0.4, 0.5) is 0 Å². The molecule has 0 radical (unpaired) electrons. The van der Waals surface area contributed by atoms with E-state index < -0.39 is 11.6 Å². The summed E-state index contributed by atoms with van der Waals surface area (Å²) in [6.07, 6.45) is -0.464. The van der Waals surface area contributed by atoms with Gasteiger partial charge in [-0.2, -0.15) is 0 Å². The molecule has 1 atom stereocenters. The molecular formula is C12H21N3O3. The summed E-state index contributed by atoms with van der Waals surface area (Å²) in [5, 5.41) is 3.13. The number of likely N-dealkylation sites (N-methyl/N-ethyl adjacent to an activating group) is 1. The standard InChI is InChI=1S/C12H21N3O3/c1-12(2)11(17)14(3)5-6-15(12)10(16)9-8-13-4-7-18-9/h9,13H,4-8H2,1-3H3. The predicted molar refractivity (Wildman–Crippen MR) is 66.0 cm³/mol. The molecule has 0 aromatic rings. The molecule has 2 aliphatic heterocycles. The van der Waals surface area contributed by atoms with Crippen LogP contribution in [0, 0.1) is 0 Å². The molecular weight excluding hydrogens is 234 g/mol. The summed E-state index contributed by atoms with van der Waals surface area (Å²) < 4.78 is 5.47. The van der Waals surface area contributed by atoms with E-state index in [-0.39, 0.29) is 11.8 Å². The zero-order valence-corrected chi connectivity index (χ0v) is 11.2. The number of nitrogens with one attached hydrogen (secondary N) is 1. The van der Waals surface area contributed by atoms with E-state index in [2.05, 4.69) is 5.32 Å². The molecule has 6 heteroatoms. The highest BCUT2D eigenvalue weighted by atomic mass is 16.5. The second-order valence-electron chi connectivity index (χ2n) is 5.34. The Bertz CT molecular complexity index is 350. The molecule has 18 heavy (non-hydrogen) atoms. The lowest BCUT2D eigenvalue weighted by Crippen LogP contribution is -2.66. The van der Waals surface area contributed by atoms with Gasteiger partial charge in [0.1, 0.15) is 11.6 Å². The quantitative estimate of drug-likeness (QED) is 0.656. The Hall–Kier alpha value is -1.14. The summed E-state index contributed by atoms with van der Waals surface area (Å²) in [5.41, 5.74) is -0.787. The molecule has 2 heterocycles. The summed E-state index contributed by atoms with van der Waals surface area (Å²) in [6, 6.07) is 0. The molecule has 2 aliphatic rings. The second kappa shape index (κ2) is 4.85. The van der Waals surface area contributed by atoms with Crippen molar-refractivity contribution in [2.75, 3.05) is 39.8 Å². The maximum absolute atomic E-state index is 12.4. The number of rotatable bonds is 1. The van der Waals surface area contributed by atoms with Crippen LogP contribution in [0.15, 0.2) is 0 Å². The van der Waals surface area contributed by atoms with Crippen LogP contribution in [0.5, 0.6) is 0 Å². The first-order valence-electron chi connectivity index (χ1n) is 6.34. The number of carbonyl (C=O) groups excluding carboxylic acids is 2. The van der Waals surface area contributed by atoms with Crippen molar-refractivity contribution in [3.63, 3.8) is 0 Å². The van der Waals surface area contributed by atoms with Crippen LogP contribution in [-0.2, 0) is 14.3 Å². The molecule has 102 valence electrons. The third-order valence-corrected chi connectivity index (χ3v) is 3.67. The minimum absolute atomic E-state index is 0.0223. The highest BCUT2D eigenvalue weighted by molar-refractivity contribution is 5.93. The molecule has 0 saturated carbocycles. The highest BCUT2D eigenvalue weighted by Gasteiger charge is 2.45. The Kier molecular flexibility index (Phi) is 3.59. The van der Waals surface area contributed by atoms with Crippen LogP contribution in [0.1, 0.15) is 13.8 Å². The van der Waals surface area contributed by atoms with Crippen molar-refractivity contribution in [2.24, 2.45) is 0 Å². The fourth-order valence-corrected chi connectivity index (χ4v) is 2.50. The van der Waals surface area contributed by atoms with Crippen LogP contribution in [-0.4, -0.2) is 73.1 Å². The van der Waals surface area contributed by atoms with Crippen LogP contribution >= 0.6 is 0 Å². The first kappa shape index (κ1) is 13.3. The number of carbonyl (C=O) groups is 2. The number of hydrogen-bond donors (Lipinski definition) is 1. The average molecular weight is 255 g/mol. The van der Waals surface area contributed by atoms with E-state index in [9.17, 15) is 9.59 Å². The van der Waals surface area contributed by atoms with Crippen molar-refractivity contribution < 1.29 is 14.3 Å². The van der Waals surface area contributed by atoms with Crippen molar-refractivity contribution in [3.8, 4) is 0 Å².